The van der Waals surface area contributed by atoms with Crippen LogP contribution in [0.15, 0.2) is 35.4 Å². The van der Waals surface area contributed by atoms with Gasteiger partial charge >= 0.3 is 5.97 Å². The van der Waals surface area contributed by atoms with E-state index in [4.69, 9.17) is 15.0 Å². The summed E-state index contributed by atoms with van der Waals surface area (Å²) in [4.78, 5) is 14.1. The van der Waals surface area contributed by atoms with Crippen LogP contribution in [0.2, 0.25) is 0 Å². The topological polar surface area (TPSA) is 93.5 Å². The molecule has 0 amide bonds. The van der Waals surface area contributed by atoms with Gasteiger partial charge in [0.1, 0.15) is 6.04 Å². The molecular weight excluding hydrogens is 262 g/mol. The van der Waals surface area contributed by atoms with E-state index in [1.807, 2.05) is 30.3 Å². The molecule has 0 aromatic heterocycles. The normalized spacial score (nSPS) is 24.4. The van der Waals surface area contributed by atoms with E-state index in [1.165, 1.54) is 7.11 Å². The number of benzene rings is 1. The fraction of sp³-hybridized carbons (Fsp3) is 0.462. The lowest BCUT2D eigenvalue weighted by atomic mass is 9.99. The van der Waals surface area contributed by atoms with Crippen molar-refractivity contribution in [1.29, 1.82) is 0 Å². The smallest absolute Gasteiger partial charge is 0.335 e. The molecule has 1 aliphatic rings. The summed E-state index contributed by atoms with van der Waals surface area (Å²) in [7, 11) is 1.26. The van der Waals surface area contributed by atoms with Crippen LogP contribution in [0, 0.1) is 0 Å². The summed E-state index contributed by atoms with van der Waals surface area (Å²) in [5.74, 6) is -0.540. The first-order valence-electron chi connectivity index (χ1n) is 6.15. The number of esters is 1. The molecule has 0 saturated carbocycles. The third-order valence-electron chi connectivity index (χ3n) is 3.02. The quantitative estimate of drug-likeness (QED) is 0.343. The van der Waals surface area contributed by atoms with Gasteiger partial charge in [-0.3, -0.25) is 0 Å². The standard InChI is InChI=1S/C13H15N3O4/c1-18-13(17)12-11(15-16-14)10(20-12)8-19-7-9-5-3-2-4-6-9/h2-6,10-12H,7-8H2,1H3/t10-,11-,12+/m1/s1. The van der Waals surface area contributed by atoms with Gasteiger partial charge in [0.25, 0.3) is 0 Å². The average molecular weight is 277 g/mol. The fourth-order valence-electron chi connectivity index (χ4n) is 1.97. The monoisotopic (exact) mass is 277 g/mol. The van der Waals surface area contributed by atoms with Crippen LogP contribution in [0.3, 0.4) is 0 Å². The highest BCUT2D eigenvalue weighted by Crippen LogP contribution is 2.26. The Morgan fingerprint density at radius 2 is 2.20 bits per heavy atom. The number of methoxy groups -OCH3 is 1. The number of azide groups is 1. The zero-order chi connectivity index (χ0) is 14.4. The van der Waals surface area contributed by atoms with Crippen LogP contribution in [0.5, 0.6) is 0 Å². The van der Waals surface area contributed by atoms with Crippen LogP contribution in [-0.4, -0.2) is 37.9 Å². The Hall–Kier alpha value is -2.08. The van der Waals surface area contributed by atoms with Crippen molar-refractivity contribution in [2.24, 2.45) is 5.11 Å². The van der Waals surface area contributed by atoms with E-state index in [1.54, 1.807) is 0 Å². The van der Waals surface area contributed by atoms with Gasteiger partial charge in [-0.25, -0.2) is 4.79 Å². The minimum atomic E-state index is -0.832. The lowest BCUT2D eigenvalue weighted by Gasteiger charge is -2.39. The van der Waals surface area contributed by atoms with Crippen molar-refractivity contribution in [3.63, 3.8) is 0 Å². The highest BCUT2D eigenvalue weighted by atomic mass is 16.6. The van der Waals surface area contributed by atoms with Gasteiger partial charge in [0.2, 0.25) is 0 Å². The molecule has 1 fully saturated rings. The molecule has 0 bridgehead atoms. The second kappa shape index (κ2) is 6.91. The molecule has 1 aliphatic heterocycles. The van der Waals surface area contributed by atoms with Crippen molar-refractivity contribution in [2.75, 3.05) is 13.7 Å². The van der Waals surface area contributed by atoms with Gasteiger partial charge in [0, 0.05) is 4.91 Å². The Morgan fingerprint density at radius 1 is 1.45 bits per heavy atom. The van der Waals surface area contributed by atoms with Crippen LogP contribution < -0.4 is 0 Å². The first-order valence-corrected chi connectivity index (χ1v) is 6.15. The van der Waals surface area contributed by atoms with E-state index in [-0.39, 0.29) is 6.61 Å². The molecule has 0 unspecified atom stereocenters. The number of hydrogen-bond acceptors (Lipinski definition) is 5. The Labute approximate surface area is 116 Å². The molecule has 7 heteroatoms. The molecule has 2 rings (SSSR count). The van der Waals surface area contributed by atoms with E-state index in [2.05, 4.69) is 14.8 Å². The summed E-state index contributed by atoms with van der Waals surface area (Å²) >= 11 is 0. The van der Waals surface area contributed by atoms with Gasteiger partial charge in [0.05, 0.1) is 26.4 Å². The highest BCUT2D eigenvalue weighted by Gasteiger charge is 2.47. The summed E-state index contributed by atoms with van der Waals surface area (Å²) < 4.78 is 15.4. The van der Waals surface area contributed by atoms with Crippen molar-refractivity contribution >= 4 is 5.97 Å². The number of hydrogen-bond donors (Lipinski definition) is 0. The predicted octanol–water partition coefficient (Wildman–Crippen LogP) is 1.82. The molecular formula is C13H15N3O4. The highest BCUT2D eigenvalue weighted by molar-refractivity contribution is 5.76. The predicted molar refractivity (Wildman–Crippen MR) is 69.7 cm³/mol. The van der Waals surface area contributed by atoms with Crippen LogP contribution in [-0.2, 0) is 25.6 Å². The largest absolute Gasteiger partial charge is 0.467 e. The van der Waals surface area contributed by atoms with Gasteiger partial charge in [-0.15, -0.1) is 0 Å². The minimum Gasteiger partial charge on any atom is -0.467 e. The summed E-state index contributed by atoms with van der Waals surface area (Å²) in [6.07, 6.45) is -1.25. The van der Waals surface area contributed by atoms with Crippen LogP contribution in [0.1, 0.15) is 5.56 Å². The minimum absolute atomic E-state index is 0.256. The van der Waals surface area contributed by atoms with E-state index >= 15 is 0 Å². The maximum absolute atomic E-state index is 11.3. The van der Waals surface area contributed by atoms with E-state index in [9.17, 15) is 4.79 Å². The van der Waals surface area contributed by atoms with Crippen molar-refractivity contribution in [1.82, 2.24) is 0 Å². The summed E-state index contributed by atoms with van der Waals surface area (Å²) in [5, 5.41) is 3.56. The second-order valence-corrected chi connectivity index (χ2v) is 4.31. The molecule has 0 N–H and O–H groups in total. The molecule has 0 aliphatic carbocycles. The Bertz CT molecular complexity index is 502. The second-order valence-electron chi connectivity index (χ2n) is 4.31. The molecule has 1 heterocycles. The summed E-state index contributed by atoms with van der Waals surface area (Å²) in [6.45, 7) is 0.693. The van der Waals surface area contributed by atoms with E-state index in [0.717, 1.165) is 5.56 Å². The maximum Gasteiger partial charge on any atom is 0.335 e. The van der Waals surface area contributed by atoms with E-state index in [0.29, 0.717) is 6.61 Å². The van der Waals surface area contributed by atoms with Gasteiger partial charge in [-0.1, -0.05) is 35.4 Å². The summed E-state index contributed by atoms with van der Waals surface area (Å²) in [6, 6.07) is 9.09. The van der Waals surface area contributed by atoms with Crippen LogP contribution in [0.4, 0.5) is 0 Å². The molecule has 0 spiro atoms. The Balaban J connectivity index is 1.81. The molecule has 1 aromatic carbocycles. The van der Waals surface area contributed by atoms with Crippen LogP contribution >= 0.6 is 0 Å². The average Bonchev–Trinajstić information content (AvgIpc) is 2.48. The molecule has 0 radical (unpaired) electrons. The number of rotatable bonds is 6. The maximum atomic E-state index is 11.3. The first kappa shape index (κ1) is 14.3. The number of nitrogens with zero attached hydrogens (tertiary/aromatic N) is 3. The molecule has 7 nitrogen and oxygen atoms in total. The number of ether oxygens (including phenoxy) is 3. The van der Waals surface area contributed by atoms with E-state index < -0.39 is 24.2 Å². The molecule has 20 heavy (non-hydrogen) atoms. The van der Waals surface area contributed by atoms with Gasteiger partial charge in [-0.2, -0.15) is 0 Å². The number of carbonyl (C=O) groups excluding carboxylic acids is 1. The molecule has 1 saturated heterocycles. The zero-order valence-electron chi connectivity index (χ0n) is 11.0. The van der Waals surface area contributed by atoms with Gasteiger partial charge < -0.3 is 14.2 Å². The van der Waals surface area contributed by atoms with Crippen molar-refractivity contribution in [3.8, 4) is 0 Å². The molecule has 1 aromatic rings. The Kier molecular flexibility index (Phi) is 4.95. The Morgan fingerprint density at radius 3 is 2.85 bits per heavy atom. The number of carbonyl (C=O) groups is 1. The first-order chi connectivity index (χ1) is 9.76. The van der Waals surface area contributed by atoms with Crippen LogP contribution in [0.25, 0.3) is 10.4 Å². The fourth-order valence-corrected chi connectivity index (χ4v) is 1.97. The lowest BCUT2D eigenvalue weighted by Crippen LogP contribution is -2.58. The molecule has 3 atom stereocenters. The van der Waals surface area contributed by atoms with Gasteiger partial charge in [-0.05, 0) is 11.1 Å². The van der Waals surface area contributed by atoms with Gasteiger partial charge in [0.15, 0.2) is 6.10 Å². The molecule has 106 valence electrons. The summed E-state index contributed by atoms with van der Waals surface area (Å²) in [5.41, 5.74) is 9.54. The SMILES string of the molecule is COC(=O)[C@H]1O[C@H](COCc2ccccc2)[C@H]1N=[N+]=[N-]. The van der Waals surface area contributed by atoms with Crippen molar-refractivity contribution in [2.45, 2.75) is 24.9 Å². The third kappa shape index (κ3) is 3.27. The van der Waals surface area contributed by atoms with Crippen molar-refractivity contribution < 1.29 is 19.0 Å². The lowest BCUT2D eigenvalue weighted by molar-refractivity contribution is -0.199. The van der Waals surface area contributed by atoms with Crippen molar-refractivity contribution in [3.05, 3.63) is 46.3 Å². The third-order valence-corrected chi connectivity index (χ3v) is 3.02. The zero-order valence-corrected chi connectivity index (χ0v) is 11.0.